The topological polar surface area (TPSA) is 108 Å². The van der Waals surface area contributed by atoms with Crippen LogP contribution in [0.3, 0.4) is 0 Å². The Morgan fingerprint density at radius 3 is 2.58 bits per heavy atom. The molecule has 1 aliphatic heterocycles. The van der Waals surface area contributed by atoms with Crippen LogP contribution < -0.4 is 15.4 Å². The molecule has 0 aliphatic carbocycles. The monoisotopic (exact) mass is 363 g/mol. The zero-order chi connectivity index (χ0) is 19.2. The van der Waals surface area contributed by atoms with Crippen LogP contribution in [0, 0.1) is 5.41 Å². The maximum absolute atomic E-state index is 12.4. The lowest BCUT2D eigenvalue weighted by Crippen LogP contribution is -2.46. The van der Waals surface area contributed by atoms with E-state index in [9.17, 15) is 19.5 Å². The average Bonchev–Trinajstić information content (AvgIpc) is 2.61. The van der Waals surface area contributed by atoms with Crippen LogP contribution in [-0.2, 0) is 9.59 Å². The standard InChI is InChI=1S/C18H25N3O5/c1-3-19-15(22)12-26-14-6-4-5-13(11-14)20-17(25)21-9-7-18(2,8-10-21)16(23)24/h4-6,11H,3,7-10,12H2,1-2H3,(H,19,22)(H,20,25)(H,23,24). The first kappa shape index (κ1) is 19.6. The number of carbonyl (C=O) groups excluding carboxylic acids is 2. The van der Waals surface area contributed by atoms with Gasteiger partial charge in [0.25, 0.3) is 5.91 Å². The molecule has 1 aromatic rings. The molecular weight excluding hydrogens is 338 g/mol. The van der Waals surface area contributed by atoms with Gasteiger partial charge in [-0.15, -0.1) is 0 Å². The van der Waals surface area contributed by atoms with Crippen molar-refractivity contribution in [2.75, 3.05) is 31.6 Å². The molecule has 1 heterocycles. The number of carboxylic acid groups (broad SMARTS) is 1. The summed E-state index contributed by atoms with van der Waals surface area (Å²) in [6, 6.07) is 6.51. The third-order valence-electron chi connectivity index (χ3n) is 4.50. The number of anilines is 1. The van der Waals surface area contributed by atoms with E-state index in [0.717, 1.165) is 0 Å². The summed E-state index contributed by atoms with van der Waals surface area (Å²) in [4.78, 5) is 36.7. The van der Waals surface area contributed by atoms with Crippen LogP contribution in [0.2, 0.25) is 0 Å². The van der Waals surface area contributed by atoms with Crippen LogP contribution in [0.5, 0.6) is 5.75 Å². The van der Waals surface area contributed by atoms with Gasteiger partial charge in [0, 0.05) is 31.4 Å². The lowest BCUT2D eigenvalue weighted by atomic mass is 9.80. The largest absolute Gasteiger partial charge is 0.484 e. The normalized spacial score (nSPS) is 15.8. The first-order chi connectivity index (χ1) is 12.3. The van der Waals surface area contributed by atoms with E-state index in [-0.39, 0.29) is 18.5 Å². The highest BCUT2D eigenvalue weighted by Gasteiger charge is 2.38. The number of hydrogen-bond donors (Lipinski definition) is 3. The van der Waals surface area contributed by atoms with Crippen molar-refractivity contribution in [1.29, 1.82) is 0 Å². The number of piperidine rings is 1. The van der Waals surface area contributed by atoms with Gasteiger partial charge < -0.3 is 25.4 Å². The zero-order valence-corrected chi connectivity index (χ0v) is 15.1. The Labute approximate surface area is 152 Å². The van der Waals surface area contributed by atoms with Crippen molar-refractivity contribution in [3.05, 3.63) is 24.3 Å². The molecule has 142 valence electrons. The van der Waals surface area contributed by atoms with E-state index in [1.54, 1.807) is 36.1 Å². The summed E-state index contributed by atoms with van der Waals surface area (Å²) in [5, 5.41) is 14.7. The second kappa shape index (κ2) is 8.55. The summed E-state index contributed by atoms with van der Waals surface area (Å²) in [7, 11) is 0. The van der Waals surface area contributed by atoms with Gasteiger partial charge >= 0.3 is 12.0 Å². The number of nitrogens with one attached hydrogen (secondary N) is 2. The Hall–Kier alpha value is -2.77. The summed E-state index contributed by atoms with van der Waals surface area (Å²) in [5.41, 5.74) is -0.223. The van der Waals surface area contributed by atoms with E-state index in [0.29, 0.717) is 43.9 Å². The number of rotatable bonds is 6. The van der Waals surface area contributed by atoms with Crippen LogP contribution in [0.15, 0.2) is 24.3 Å². The quantitative estimate of drug-likeness (QED) is 0.716. The van der Waals surface area contributed by atoms with Crippen LogP contribution in [0.4, 0.5) is 10.5 Å². The molecule has 8 heteroatoms. The van der Waals surface area contributed by atoms with Crippen molar-refractivity contribution in [3.8, 4) is 5.75 Å². The molecule has 0 aromatic heterocycles. The fraction of sp³-hybridized carbons (Fsp3) is 0.500. The number of urea groups is 1. The number of likely N-dealkylation sites (N-methyl/N-ethyl adjacent to an activating group) is 1. The van der Waals surface area contributed by atoms with Crippen LogP contribution in [0.1, 0.15) is 26.7 Å². The molecule has 1 aliphatic rings. The Bertz CT molecular complexity index is 669. The van der Waals surface area contributed by atoms with Crippen LogP contribution in [-0.4, -0.2) is 54.2 Å². The molecule has 0 spiro atoms. The minimum Gasteiger partial charge on any atom is -0.484 e. The maximum Gasteiger partial charge on any atom is 0.321 e. The number of benzene rings is 1. The molecule has 1 fully saturated rings. The van der Waals surface area contributed by atoms with Crippen molar-refractivity contribution >= 4 is 23.6 Å². The highest BCUT2D eigenvalue weighted by atomic mass is 16.5. The summed E-state index contributed by atoms with van der Waals surface area (Å²) < 4.78 is 5.40. The Morgan fingerprint density at radius 2 is 1.96 bits per heavy atom. The molecule has 0 unspecified atom stereocenters. The third kappa shape index (κ3) is 5.11. The minimum atomic E-state index is -0.825. The SMILES string of the molecule is CCNC(=O)COc1cccc(NC(=O)N2CCC(C)(C(=O)O)CC2)c1. The lowest BCUT2D eigenvalue weighted by molar-refractivity contribution is -0.150. The second-order valence-corrected chi connectivity index (χ2v) is 6.55. The maximum atomic E-state index is 12.4. The van der Waals surface area contributed by atoms with E-state index in [2.05, 4.69) is 10.6 Å². The zero-order valence-electron chi connectivity index (χ0n) is 15.1. The van der Waals surface area contributed by atoms with Gasteiger partial charge in [0.2, 0.25) is 0 Å². The molecular formula is C18H25N3O5. The van der Waals surface area contributed by atoms with E-state index < -0.39 is 11.4 Å². The number of likely N-dealkylation sites (tertiary alicyclic amines) is 1. The number of carboxylic acids is 1. The predicted molar refractivity (Wildman–Crippen MR) is 96.2 cm³/mol. The highest BCUT2D eigenvalue weighted by molar-refractivity contribution is 5.89. The summed E-state index contributed by atoms with van der Waals surface area (Å²) in [5.74, 6) is -0.558. The lowest BCUT2D eigenvalue weighted by Gasteiger charge is -2.36. The number of ether oxygens (including phenoxy) is 1. The Balaban J connectivity index is 1.88. The number of hydrogen-bond acceptors (Lipinski definition) is 4. The number of amides is 3. The minimum absolute atomic E-state index is 0.0921. The molecule has 1 aromatic carbocycles. The van der Waals surface area contributed by atoms with Crippen molar-refractivity contribution < 1.29 is 24.2 Å². The van der Waals surface area contributed by atoms with Gasteiger partial charge in [-0.3, -0.25) is 9.59 Å². The van der Waals surface area contributed by atoms with Gasteiger partial charge in [-0.1, -0.05) is 6.07 Å². The first-order valence-corrected chi connectivity index (χ1v) is 8.63. The molecule has 0 bridgehead atoms. The Morgan fingerprint density at radius 1 is 1.27 bits per heavy atom. The predicted octanol–water partition coefficient (Wildman–Crippen LogP) is 1.92. The molecule has 2 rings (SSSR count). The van der Waals surface area contributed by atoms with Crippen molar-refractivity contribution in [2.24, 2.45) is 5.41 Å². The van der Waals surface area contributed by atoms with Crippen LogP contribution in [0.25, 0.3) is 0 Å². The third-order valence-corrected chi connectivity index (χ3v) is 4.50. The van der Waals surface area contributed by atoms with Gasteiger partial charge in [0.05, 0.1) is 5.41 Å². The van der Waals surface area contributed by atoms with Crippen molar-refractivity contribution in [2.45, 2.75) is 26.7 Å². The van der Waals surface area contributed by atoms with E-state index in [1.807, 2.05) is 6.92 Å². The molecule has 0 atom stereocenters. The van der Waals surface area contributed by atoms with Gasteiger partial charge in [-0.05, 0) is 38.8 Å². The molecule has 8 nitrogen and oxygen atoms in total. The average molecular weight is 363 g/mol. The smallest absolute Gasteiger partial charge is 0.321 e. The Kier molecular flexibility index (Phi) is 6.43. The number of nitrogens with zero attached hydrogens (tertiary/aromatic N) is 1. The van der Waals surface area contributed by atoms with Crippen LogP contribution >= 0.6 is 0 Å². The van der Waals surface area contributed by atoms with Gasteiger partial charge in [-0.25, -0.2) is 4.79 Å². The molecule has 3 N–H and O–H groups in total. The number of carbonyl (C=O) groups is 3. The number of aliphatic carboxylic acids is 1. The van der Waals surface area contributed by atoms with E-state index >= 15 is 0 Å². The van der Waals surface area contributed by atoms with E-state index in [4.69, 9.17) is 4.74 Å². The summed E-state index contributed by atoms with van der Waals surface area (Å²) >= 11 is 0. The first-order valence-electron chi connectivity index (χ1n) is 8.63. The van der Waals surface area contributed by atoms with Crippen molar-refractivity contribution in [1.82, 2.24) is 10.2 Å². The second-order valence-electron chi connectivity index (χ2n) is 6.55. The fourth-order valence-electron chi connectivity index (χ4n) is 2.68. The summed E-state index contributed by atoms with van der Waals surface area (Å²) in [6.45, 7) is 4.76. The molecule has 3 amide bonds. The van der Waals surface area contributed by atoms with Gasteiger partial charge in [-0.2, -0.15) is 0 Å². The molecule has 0 saturated carbocycles. The molecule has 26 heavy (non-hydrogen) atoms. The highest BCUT2D eigenvalue weighted by Crippen LogP contribution is 2.31. The fourth-order valence-corrected chi connectivity index (χ4v) is 2.68. The van der Waals surface area contributed by atoms with Gasteiger partial charge in [0.15, 0.2) is 6.61 Å². The van der Waals surface area contributed by atoms with Crippen molar-refractivity contribution in [3.63, 3.8) is 0 Å². The van der Waals surface area contributed by atoms with E-state index in [1.165, 1.54) is 0 Å². The van der Waals surface area contributed by atoms with Gasteiger partial charge in [0.1, 0.15) is 5.75 Å². The molecule has 1 saturated heterocycles. The summed E-state index contributed by atoms with van der Waals surface area (Å²) in [6.07, 6.45) is 0.844. The molecule has 0 radical (unpaired) electrons.